The summed E-state index contributed by atoms with van der Waals surface area (Å²) in [5.74, 6) is 0.776. The summed E-state index contributed by atoms with van der Waals surface area (Å²) in [4.78, 5) is 12.9. The van der Waals surface area contributed by atoms with Crippen LogP contribution in [0.4, 0.5) is 0 Å². The first-order valence-electron chi connectivity index (χ1n) is 8.67. The predicted octanol–water partition coefficient (Wildman–Crippen LogP) is 5.38. The number of fused-ring (bicyclic) bond motifs is 1. The number of ether oxygens (including phenoxy) is 1. The Labute approximate surface area is 162 Å². The second kappa shape index (κ2) is 7.29. The van der Waals surface area contributed by atoms with Gasteiger partial charge in [-0.25, -0.2) is 0 Å². The highest BCUT2D eigenvalue weighted by Crippen LogP contribution is 2.30. The van der Waals surface area contributed by atoms with Crippen LogP contribution in [0.3, 0.4) is 0 Å². The van der Waals surface area contributed by atoms with E-state index in [-0.39, 0.29) is 5.56 Å². The Morgan fingerprint density at radius 2 is 1.67 bits per heavy atom. The zero-order valence-corrected chi connectivity index (χ0v) is 15.6. The second-order valence-electron chi connectivity index (χ2n) is 6.36. The molecule has 0 N–H and O–H groups in total. The summed E-state index contributed by atoms with van der Waals surface area (Å²) in [6, 6.07) is 25.0. The molecular weight excluding hydrogens is 358 g/mol. The van der Waals surface area contributed by atoms with E-state index in [1.54, 1.807) is 17.7 Å². The van der Waals surface area contributed by atoms with Crippen LogP contribution in [0.5, 0.6) is 5.75 Å². The van der Waals surface area contributed by atoms with Gasteiger partial charge in [-0.1, -0.05) is 54.1 Å². The van der Waals surface area contributed by atoms with Gasteiger partial charge in [0, 0.05) is 16.5 Å². The van der Waals surface area contributed by atoms with E-state index in [0.29, 0.717) is 11.6 Å². The molecule has 0 bridgehead atoms. The molecule has 0 saturated carbocycles. The molecule has 1 aromatic heterocycles. The lowest BCUT2D eigenvalue weighted by Crippen LogP contribution is -2.20. The molecule has 27 heavy (non-hydrogen) atoms. The van der Waals surface area contributed by atoms with E-state index in [4.69, 9.17) is 16.3 Å². The van der Waals surface area contributed by atoms with Gasteiger partial charge in [-0.3, -0.25) is 4.79 Å². The molecule has 0 fully saturated rings. The van der Waals surface area contributed by atoms with Crippen LogP contribution in [-0.4, -0.2) is 11.7 Å². The summed E-state index contributed by atoms with van der Waals surface area (Å²) >= 11 is 6.27. The van der Waals surface area contributed by atoms with Crippen molar-refractivity contribution in [3.8, 4) is 16.9 Å². The van der Waals surface area contributed by atoms with Crippen LogP contribution < -0.4 is 10.3 Å². The van der Waals surface area contributed by atoms with Crippen LogP contribution in [0.15, 0.2) is 83.7 Å². The van der Waals surface area contributed by atoms with Crippen LogP contribution in [0, 0.1) is 0 Å². The number of hydrogen-bond acceptors (Lipinski definition) is 2. The van der Waals surface area contributed by atoms with Crippen molar-refractivity contribution >= 4 is 22.5 Å². The predicted molar refractivity (Wildman–Crippen MR) is 111 cm³/mol. The summed E-state index contributed by atoms with van der Waals surface area (Å²) in [6.45, 7) is 0.515. The summed E-state index contributed by atoms with van der Waals surface area (Å²) in [5.41, 5.74) is 3.71. The maximum Gasteiger partial charge on any atom is 0.251 e. The molecular formula is C23H18ClNO2. The molecule has 0 spiro atoms. The van der Waals surface area contributed by atoms with E-state index < -0.39 is 0 Å². The third-order valence-corrected chi connectivity index (χ3v) is 4.89. The van der Waals surface area contributed by atoms with Crippen LogP contribution >= 0.6 is 11.6 Å². The molecule has 0 saturated heterocycles. The molecule has 3 aromatic carbocycles. The Morgan fingerprint density at radius 1 is 0.926 bits per heavy atom. The smallest absolute Gasteiger partial charge is 0.251 e. The van der Waals surface area contributed by atoms with Crippen LogP contribution in [-0.2, 0) is 6.54 Å². The molecule has 4 heteroatoms. The summed E-state index contributed by atoms with van der Waals surface area (Å²) < 4.78 is 7.02. The monoisotopic (exact) mass is 375 g/mol. The second-order valence-corrected chi connectivity index (χ2v) is 6.79. The van der Waals surface area contributed by atoms with Gasteiger partial charge in [0.05, 0.1) is 19.2 Å². The first-order valence-corrected chi connectivity index (χ1v) is 9.05. The van der Waals surface area contributed by atoms with Crippen molar-refractivity contribution in [2.75, 3.05) is 7.11 Å². The maximum absolute atomic E-state index is 12.9. The van der Waals surface area contributed by atoms with Crippen LogP contribution in [0.2, 0.25) is 5.02 Å². The molecule has 0 unspecified atom stereocenters. The Balaban J connectivity index is 1.92. The molecule has 4 rings (SSSR count). The van der Waals surface area contributed by atoms with Gasteiger partial charge < -0.3 is 9.30 Å². The van der Waals surface area contributed by atoms with Gasteiger partial charge in [-0.2, -0.15) is 0 Å². The minimum absolute atomic E-state index is 0.0421. The standard InChI is InChI=1S/C23H18ClNO2/c1-27-19-10-7-17(8-11-19)20-14-23(26)25(15-16-5-3-2-4-6-16)22-12-9-18(24)13-21(20)22/h2-14H,15H2,1H3. The number of methoxy groups -OCH3 is 1. The highest BCUT2D eigenvalue weighted by Gasteiger charge is 2.12. The van der Waals surface area contributed by atoms with E-state index in [1.807, 2.05) is 72.8 Å². The fraction of sp³-hybridized carbons (Fsp3) is 0.0870. The average molecular weight is 376 g/mol. The van der Waals surface area contributed by atoms with Crippen molar-refractivity contribution in [1.82, 2.24) is 4.57 Å². The SMILES string of the molecule is COc1ccc(-c2cc(=O)n(Cc3ccccc3)c3ccc(Cl)cc23)cc1. The lowest BCUT2D eigenvalue weighted by atomic mass is 10.0. The van der Waals surface area contributed by atoms with Crippen molar-refractivity contribution in [3.05, 3.63) is 99.8 Å². The molecule has 0 amide bonds. The molecule has 0 atom stereocenters. The minimum Gasteiger partial charge on any atom is -0.497 e. The fourth-order valence-electron chi connectivity index (χ4n) is 3.30. The Hall–Kier alpha value is -3.04. The lowest BCUT2D eigenvalue weighted by Gasteiger charge is -2.14. The molecule has 1 heterocycles. The van der Waals surface area contributed by atoms with E-state index >= 15 is 0 Å². The molecule has 0 aliphatic heterocycles. The number of benzene rings is 3. The molecule has 4 aromatic rings. The van der Waals surface area contributed by atoms with Gasteiger partial charge in [-0.15, -0.1) is 0 Å². The average Bonchev–Trinajstić information content (AvgIpc) is 2.71. The Morgan fingerprint density at radius 3 is 2.37 bits per heavy atom. The Bertz CT molecular complexity index is 1150. The highest BCUT2D eigenvalue weighted by molar-refractivity contribution is 6.31. The van der Waals surface area contributed by atoms with Gasteiger partial charge in [0.15, 0.2) is 0 Å². The van der Waals surface area contributed by atoms with Crippen molar-refractivity contribution in [3.63, 3.8) is 0 Å². The van der Waals surface area contributed by atoms with Crippen LogP contribution in [0.25, 0.3) is 22.0 Å². The zero-order chi connectivity index (χ0) is 18.8. The lowest BCUT2D eigenvalue weighted by molar-refractivity contribution is 0.415. The van der Waals surface area contributed by atoms with Gasteiger partial charge in [0.1, 0.15) is 5.75 Å². The molecule has 0 aliphatic rings. The third-order valence-electron chi connectivity index (χ3n) is 4.66. The fourth-order valence-corrected chi connectivity index (χ4v) is 3.47. The molecule has 134 valence electrons. The first kappa shape index (κ1) is 17.4. The third kappa shape index (κ3) is 3.46. The number of rotatable bonds is 4. The molecule has 0 radical (unpaired) electrons. The van der Waals surface area contributed by atoms with Crippen molar-refractivity contribution in [2.45, 2.75) is 6.54 Å². The van der Waals surface area contributed by atoms with Crippen molar-refractivity contribution < 1.29 is 4.74 Å². The molecule has 0 aliphatic carbocycles. The number of hydrogen-bond donors (Lipinski definition) is 0. The normalized spacial score (nSPS) is 10.9. The van der Waals surface area contributed by atoms with E-state index in [0.717, 1.165) is 33.3 Å². The van der Waals surface area contributed by atoms with E-state index in [9.17, 15) is 4.79 Å². The van der Waals surface area contributed by atoms with Crippen LogP contribution in [0.1, 0.15) is 5.56 Å². The van der Waals surface area contributed by atoms with Gasteiger partial charge in [-0.05, 0) is 47.0 Å². The van der Waals surface area contributed by atoms with Gasteiger partial charge in [0.25, 0.3) is 5.56 Å². The van der Waals surface area contributed by atoms with E-state index in [2.05, 4.69) is 0 Å². The quantitative estimate of drug-likeness (QED) is 0.479. The first-order chi connectivity index (χ1) is 13.2. The summed E-state index contributed by atoms with van der Waals surface area (Å²) in [7, 11) is 1.63. The van der Waals surface area contributed by atoms with E-state index in [1.165, 1.54) is 0 Å². The maximum atomic E-state index is 12.9. The zero-order valence-electron chi connectivity index (χ0n) is 14.9. The molecule has 3 nitrogen and oxygen atoms in total. The number of pyridine rings is 1. The number of nitrogens with zero attached hydrogens (tertiary/aromatic N) is 1. The van der Waals surface area contributed by atoms with Gasteiger partial charge >= 0.3 is 0 Å². The largest absolute Gasteiger partial charge is 0.497 e. The topological polar surface area (TPSA) is 31.2 Å². The number of aromatic nitrogens is 1. The van der Waals surface area contributed by atoms with Crippen molar-refractivity contribution in [2.24, 2.45) is 0 Å². The highest BCUT2D eigenvalue weighted by atomic mass is 35.5. The summed E-state index contributed by atoms with van der Waals surface area (Å²) in [6.07, 6.45) is 0. The van der Waals surface area contributed by atoms with Gasteiger partial charge in [0.2, 0.25) is 0 Å². The summed E-state index contributed by atoms with van der Waals surface area (Å²) in [5, 5.41) is 1.59. The van der Waals surface area contributed by atoms with Crippen molar-refractivity contribution in [1.29, 1.82) is 0 Å². The number of halogens is 1. The minimum atomic E-state index is -0.0421. The Kier molecular flexibility index (Phi) is 4.69.